The van der Waals surface area contributed by atoms with E-state index in [-0.39, 0.29) is 0 Å². The van der Waals surface area contributed by atoms with Crippen LogP contribution in [0.1, 0.15) is 37.4 Å². The molecule has 202 valence electrons. The first-order valence-electron chi connectivity index (χ1n) is 14.6. The molecule has 3 atom stereocenters. The molecule has 1 N–H and O–H groups in total. The van der Waals surface area contributed by atoms with E-state index in [4.69, 9.17) is 4.37 Å². The molecule has 3 aliphatic heterocycles. The van der Waals surface area contributed by atoms with E-state index in [2.05, 4.69) is 72.9 Å². The molecule has 0 amide bonds. The summed E-state index contributed by atoms with van der Waals surface area (Å²) < 4.78 is 9.79. The van der Waals surface area contributed by atoms with Crippen LogP contribution < -0.4 is 9.62 Å². The summed E-state index contributed by atoms with van der Waals surface area (Å²) in [6.07, 6.45) is 6.06. The van der Waals surface area contributed by atoms with Crippen molar-refractivity contribution in [1.82, 2.24) is 23.8 Å². The lowest BCUT2D eigenvalue weighted by molar-refractivity contribution is 0.0587. The first-order chi connectivity index (χ1) is 18.8. The SMILES string of the molecule is c1ccc2c(c1)SNC2N1CCN(C[C@@H]2CCCC[C@H]2CN2CCN(c3nsc4ccccc34)CC2)CC1. The van der Waals surface area contributed by atoms with E-state index in [1.807, 2.05) is 0 Å². The van der Waals surface area contributed by atoms with Gasteiger partial charge in [0.1, 0.15) is 5.82 Å². The monoisotopic (exact) mass is 548 g/mol. The maximum Gasteiger partial charge on any atom is 0.150 e. The molecular formula is C30H40N6S2. The number of hydrogen-bond donors (Lipinski definition) is 1. The van der Waals surface area contributed by atoms with Crippen LogP contribution in [0.4, 0.5) is 5.82 Å². The number of fused-ring (bicyclic) bond motifs is 2. The lowest BCUT2D eigenvalue weighted by Crippen LogP contribution is -2.52. The smallest absolute Gasteiger partial charge is 0.150 e. The third kappa shape index (κ3) is 5.23. The van der Waals surface area contributed by atoms with E-state index in [0.29, 0.717) is 6.17 Å². The van der Waals surface area contributed by atoms with Gasteiger partial charge in [0.15, 0.2) is 0 Å². The van der Waals surface area contributed by atoms with Gasteiger partial charge < -0.3 is 9.80 Å². The number of anilines is 1. The van der Waals surface area contributed by atoms with Crippen molar-refractivity contribution in [3.63, 3.8) is 0 Å². The Morgan fingerprint density at radius 1 is 0.763 bits per heavy atom. The zero-order valence-electron chi connectivity index (χ0n) is 22.3. The largest absolute Gasteiger partial charge is 0.353 e. The Bertz CT molecular complexity index is 1220. The Morgan fingerprint density at radius 3 is 2.18 bits per heavy atom. The summed E-state index contributed by atoms with van der Waals surface area (Å²) in [5.41, 5.74) is 1.46. The Morgan fingerprint density at radius 2 is 1.42 bits per heavy atom. The fourth-order valence-corrected chi connectivity index (χ4v) is 8.88. The predicted molar refractivity (Wildman–Crippen MR) is 160 cm³/mol. The van der Waals surface area contributed by atoms with Crippen molar-refractivity contribution in [2.75, 3.05) is 70.3 Å². The normalized spacial score (nSPS) is 27.7. The van der Waals surface area contributed by atoms with Crippen LogP contribution in [0.3, 0.4) is 0 Å². The zero-order valence-corrected chi connectivity index (χ0v) is 23.9. The van der Waals surface area contributed by atoms with Gasteiger partial charge in [-0.25, -0.2) is 4.72 Å². The summed E-state index contributed by atoms with van der Waals surface area (Å²) in [6, 6.07) is 17.6. The van der Waals surface area contributed by atoms with Crippen molar-refractivity contribution in [2.45, 2.75) is 36.7 Å². The number of nitrogens with zero attached hydrogens (tertiary/aromatic N) is 5. The number of piperazine rings is 2. The van der Waals surface area contributed by atoms with E-state index in [9.17, 15) is 0 Å². The zero-order chi connectivity index (χ0) is 25.3. The summed E-state index contributed by atoms with van der Waals surface area (Å²) in [5, 5.41) is 1.32. The van der Waals surface area contributed by atoms with Gasteiger partial charge in [0.05, 0.1) is 10.9 Å². The van der Waals surface area contributed by atoms with Crippen molar-refractivity contribution >= 4 is 39.4 Å². The predicted octanol–water partition coefficient (Wildman–Crippen LogP) is 5.15. The molecule has 0 radical (unpaired) electrons. The lowest BCUT2D eigenvalue weighted by atomic mass is 9.78. The highest BCUT2D eigenvalue weighted by atomic mass is 32.2. The van der Waals surface area contributed by atoms with Crippen molar-refractivity contribution in [3.05, 3.63) is 54.1 Å². The summed E-state index contributed by atoms with van der Waals surface area (Å²) in [6.45, 7) is 11.9. The van der Waals surface area contributed by atoms with Gasteiger partial charge in [-0.3, -0.25) is 9.80 Å². The van der Waals surface area contributed by atoms with Gasteiger partial charge in [-0.15, -0.1) is 0 Å². The van der Waals surface area contributed by atoms with Crippen LogP contribution in [-0.2, 0) is 0 Å². The second-order valence-corrected chi connectivity index (χ2v) is 13.3. The van der Waals surface area contributed by atoms with Gasteiger partial charge in [0.25, 0.3) is 0 Å². The Labute approximate surface area is 235 Å². The summed E-state index contributed by atoms with van der Waals surface area (Å²) in [5.74, 6) is 2.92. The minimum atomic E-state index is 0.377. The highest BCUT2D eigenvalue weighted by molar-refractivity contribution is 7.97. The average Bonchev–Trinajstić information content (AvgIpc) is 3.60. The number of hydrogen-bond acceptors (Lipinski definition) is 8. The molecule has 0 bridgehead atoms. The summed E-state index contributed by atoms with van der Waals surface area (Å²) in [7, 11) is 0. The molecule has 4 aliphatic rings. The van der Waals surface area contributed by atoms with Gasteiger partial charge in [0.2, 0.25) is 0 Å². The van der Waals surface area contributed by atoms with Gasteiger partial charge in [0, 0.05) is 75.7 Å². The molecule has 1 aromatic heterocycles. The average molecular weight is 549 g/mol. The topological polar surface area (TPSA) is 37.9 Å². The van der Waals surface area contributed by atoms with Crippen LogP contribution in [0.2, 0.25) is 0 Å². The number of benzene rings is 2. The molecule has 8 heteroatoms. The number of rotatable bonds is 6. The van der Waals surface area contributed by atoms with Crippen molar-refractivity contribution in [3.8, 4) is 0 Å². The van der Waals surface area contributed by atoms with Crippen LogP contribution in [0.5, 0.6) is 0 Å². The van der Waals surface area contributed by atoms with Crippen LogP contribution in [0.15, 0.2) is 53.4 Å². The molecule has 2 aromatic carbocycles. The maximum atomic E-state index is 4.81. The molecule has 1 unspecified atom stereocenters. The van der Waals surface area contributed by atoms with Gasteiger partial charge >= 0.3 is 0 Å². The molecular weight excluding hydrogens is 509 g/mol. The first-order valence-corrected chi connectivity index (χ1v) is 16.2. The van der Waals surface area contributed by atoms with E-state index >= 15 is 0 Å². The van der Waals surface area contributed by atoms with Gasteiger partial charge in [-0.1, -0.05) is 43.2 Å². The highest BCUT2D eigenvalue weighted by Crippen LogP contribution is 2.38. The quantitative estimate of drug-likeness (QED) is 0.427. The maximum absolute atomic E-state index is 4.81. The molecule has 38 heavy (non-hydrogen) atoms. The summed E-state index contributed by atoms with van der Waals surface area (Å²) in [4.78, 5) is 12.1. The minimum absolute atomic E-state index is 0.377. The summed E-state index contributed by atoms with van der Waals surface area (Å²) >= 11 is 3.44. The third-order valence-electron chi connectivity index (χ3n) is 9.35. The molecule has 7 rings (SSSR count). The van der Waals surface area contributed by atoms with E-state index in [1.165, 1.54) is 91.3 Å². The van der Waals surface area contributed by atoms with E-state index < -0.39 is 0 Å². The minimum Gasteiger partial charge on any atom is -0.353 e. The Hall–Kier alpha value is -1.68. The third-order valence-corrected chi connectivity index (χ3v) is 11.1. The van der Waals surface area contributed by atoms with E-state index in [0.717, 1.165) is 38.0 Å². The van der Waals surface area contributed by atoms with Crippen molar-refractivity contribution < 1.29 is 0 Å². The molecule has 0 spiro atoms. The lowest BCUT2D eigenvalue weighted by Gasteiger charge is -2.43. The Balaban J connectivity index is 0.907. The molecule has 2 saturated heterocycles. The van der Waals surface area contributed by atoms with Crippen LogP contribution in [0, 0.1) is 11.8 Å². The molecule has 3 fully saturated rings. The van der Waals surface area contributed by atoms with Gasteiger partial charge in [-0.05, 0) is 71.9 Å². The first kappa shape index (κ1) is 25.3. The second kappa shape index (κ2) is 11.4. The standard InChI is InChI=1S/C30H40N6S2/c1-2-8-24(22-34-15-19-36(20-16-34)30-26-10-4-6-12-28(26)38-32-30)23(7-1)21-33-13-17-35(18-14-33)29-25-9-3-5-11-27(25)37-31-29/h3-6,9-12,23-24,29,31H,1-2,7-8,13-22H2/t23-,24-,29?/m0/s1. The fourth-order valence-electron chi connectivity index (χ4n) is 7.13. The molecule has 4 heterocycles. The van der Waals surface area contributed by atoms with Crippen LogP contribution >= 0.6 is 23.5 Å². The molecule has 1 saturated carbocycles. The number of nitrogens with one attached hydrogen (secondary N) is 1. The Kier molecular flexibility index (Phi) is 7.61. The molecule has 6 nitrogen and oxygen atoms in total. The van der Waals surface area contributed by atoms with Crippen LogP contribution in [0.25, 0.3) is 10.1 Å². The number of aromatic nitrogens is 1. The molecule has 3 aromatic rings. The van der Waals surface area contributed by atoms with Crippen molar-refractivity contribution in [1.29, 1.82) is 0 Å². The van der Waals surface area contributed by atoms with Crippen LogP contribution in [-0.4, -0.2) is 84.5 Å². The highest BCUT2D eigenvalue weighted by Gasteiger charge is 2.33. The second-order valence-electron chi connectivity index (χ2n) is 11.6. The fraction of sp³-hybridized carbons (Fsp3) is 0.567. The van der Waals surface area contributed by atoms with E-state index in [1.54, 1.807) is 23.5 Å². The van der Waals surface area contributed by atoms with Crippen molar-refractivity contribution in [2.24, 2.45) is 11.8 Å². The molecule has 1 aliphatic carbocycles. The van der Waals surface area contributed by atoms with Gasteiger partial charge in [-0.2, -0.15) is 4.37 Å².